The van der Waals surface area contributed by atoms with Crippen molar-refractivity contribution in [3.63, 3.8) is 0 Å². The van der Waals surface area contributed by atoms with E-state index in [2.05, 4.69) is 0 Å². The zero-order valence-electron chi connectivity index (χ0n) is 16.8. The zero-order chi connectivity index (χ0) is 22.2. The minimum atomic E-state index is -0.991. The zero-order valence-corrected chi connectivity index (χ0v) is 16.8. The fourth-order valence-electron chi connectivity index (χ4n) is 6.07. The van der Waals surface area contributed by atoms with E-state index in [4.69, 9.17) is 5.73 Å². The monoisotopic (exact) mass is 429 g/mol. The van der Waals surface area contributed by atoms with Crippen LogP contribution >= 0.6 is 0 Å². The quantitative estimate of drug-likeness (QED) is 0.780. The molecule has 0 radical (unpaired) electrons. The third-order valence-electron chi connectivity index (χ3n) is 7.57. The van der Waals surface area contributed by atoms with Crippen LogP contribution in [0.1, 0.15) is 58.5 Å². The number of fused-ring (bicyclic) bond motifs is 6. The van der Waals surface area contributed by atoms with E-state index < -0.39 is 45.6 Å². The number of rotatable bonds is 3. The van der Waals surface area contributed by atoms with Gasteiger partial charge in [-0.3, -0.25) is 14.4 Å². The molecule has 1 saturated heterocycles. The molecule has 3 unspecified atom stereocenters. The van der Waals surface area contributed by atoms with Crippen LogP contribution in [-0.4, -0.2) is 38.5 Å². The molecule has 162 valence electrons. The van der Waals surface area contributed by atoms with E-state index >= 15 is 0 Å². The van der Waals surface area contributed by atoms with Crippen molar-refractivity contribution in [3.8, 4) is 5.75 Å². The number of piperidine rings is 1. The first-order valence-corrected chi connectivity index (χ1v) is 10.2. The molecule has 5 rings (SSSR count). The lowest BCUT2D eigenvalue weighted by Gasteiger charge is -2.48. The molecule has 7 nitrogen and oxygen atoms in total. The molecule has 3 N–H and O–H groups in total. The average molecular weight is 429 g/mol. The Bertz CT molecular complexity index is 1210. The van der Waals surface area contributed by atoms with E-state index in [0.29, 0.717) is 12.0 Å². The molecule has 31 heavy (non-hydrogen) atoms. The van der Waals surface area contributed by atoms with Gasteiger partial charge in [-0.25, -0.2) is 8.78 Å². The topological polar surface area (TPSA) is 106 Å². The lowest BCUT2D eigenvalue weighted by atomic mass is 9.67. The normalized spacial score (nSPS) is 27.2. The molecule has 1 aliphatic carbocycles. The molecule has 2 bridgehead atoms. The SMILES string of the molecule is C[C@@H](c1ccc(F)cc1F)C12CCC(C1)N1C(=O)c3c(O)c(=O)c(C(N)=O)cn3CC12. The first-order valence-electron chi connectivity index (χ1n) is 10.2. The first-order chi connectivity index (χ1) is 14.7. The predicted octanol–water partition coefficient (Wildman–Crippen LogP) is 2.11. The second kappa shape index (κ2) is 6.38. The van der Waals surface area contributed by atoms with Gasteiger partial charge in [0.2, 0.25) is 5.43 Å². The summed E-state index contributed by atoms with van der Waals surface area (Å²) < 4.78 is 29.5. The molecule has 2 fully saturated rings. The summed E-state index contributed by atoms with van der Waals surface area (Å²) in [4.78, 5) is 39.0. The number of halogens is 2. The van der Waals surface area contributed by atoms with Gasteiger partial charge in [-0.15, -0.1) is 0 Å². The minimum absolute atomic E-state index is 0.0949. The Balaban J connectivity index is 1.62. The fraction of sp³-hybridized carbons (Fsp3) is 0.409. The van der Waals surface area contributed by atoms with Crippen LogP contribution in [0.15, 0.2) is 29.2 Å². The number of benzene rings is 1. The van der Waals surface area contributed by atoms with Gasteiger partial charge >= 0.3 is 0 Å². The van der Waals surface area contributed by atoms with Gasteiger partial charge in [-0.05, 0) is 36.8 Å². The third-order valence-corrected chi connectivity index (χ3v) is 7.57. The van der Waals surface area contributed by atoms with Crippen molar-refractivity contribution in [3.05, 3.63) is 63.1 Å². The first kappa shape index (κ1) is 19.7. The van der Waals surface area contributed by atoms with Crippen molar-refractivity contribution in [2.75, 3.05) is 0 Å². The highest BCUT2D eigenvalue weighted by atomic mass is 19.1. The summed E-state index contributed by atoms with van der Waals surface area (Å²) in [6, 6.07) is 3.13. The van der Waals surface area contributed by atoms with Gasteiger partial charge in [-0.1, -0.05) is 13.0 Å². The van der Waals surface area contributed by atoms with E-state index in [9.17, 15) is 28.3 Å². The highest BCUT2D eigenvalue weighted by Crippen LogP contribution is 2.61. The van der Waals surface area contributed by atoms with E-state index in [-0.39, 0.29) is 30.2 Å². The maximum atomic E-state index is 14.6. The highest BCUT2D eigenvalue weighted by Gasteiger charge is 2.62. The molecule has 2 amide bonds. The fourth-order valence-corrected chi connectivity index (χ4v) is 6.07. The van der Waals surface area contributed by atoms with Crippen LogP contribution in [0, 0.1) is 17.0 Å². The molecule has 1 aromatic heterocycles. The Morgan fingerprint density at radius 3 is 2.74 bits per heavy atom. The summed E-state index contributed by atoms with van der Waals surface area (Å²) in [5, 5.41) is 10.4. The number of hydrogen-bond acceptors (Lipinski definition) is 4. The summed E-state index contributed by atoms with van der Waals surface area (Å²) in [5.74, 6) is -3.83. The van der Waals surface area contributed by atoms with Crippen LogP contribution < -0.4 is 11.2 Å². The molecule has 9 heteroatoms. The van der Waals surface area contributed by atoms with Gasteiger partial charge in [0.1, 0.15) is 17.2 Å². The number of nitrogens with two attached hydrogens (primary N) is 1. The van der Waals surface area contributed by atoms with Crippen molar-refractivity contribution < 1.29 is 23.5 Å². The van der Waals surface area contributed by atoms with Gasteiger partial charge in [-0.2, -0.15) is 0 Å². The van der Waals surface area contributed by atoms with Crippen molar-refractivity contribution in [2.24, 2.45) is 11.1 Å². The molecule has 0 spiro atoms. The Hall–Kier alpha value is -3.23. The van der Waals surface area contributed by atoms with Crippen molar-refractivity contribution >= 4 is 11.8 Å². The van der Waals surface area contributed by atoms with Crippen molar-refractivity contribution in [1.82, 2.24) is 9.47 Å². The summed E-state index contributed by atoms with van der Waals surface area (Å²) in [6.07, 6.45) is 3.34. The average Bonchev–Trinajstić information content (AvgIpc) is 3.28. The molecular weight excluding hydrogens is 408 g/mol. The number of carbonyl (C=O) groups excluding carboxylic acids is 2. The lowest BCUT2D eigenvalue weighted by Crippen LogP contribution is -2.56. The maximum Gasteiger partial charge on any atom is 0.275 e. The van der Waals surface area contributed by atoms with Crippen LogP contribution in [0.25, 0.3) is 0 Å². The second-order valence-corrected chi connectivity index (χ2v) is 8.83. The Kier molecular flexibility index (Phi) is 4.06. The van der Waals surface area contributed by atoms with E-state index in [1.165, 1.54) is 22.9 Å². The van der Waals surface area contributed by atoms with Crippen LogP contribution in [0.2, 0.25) is 0 Å². The van der Waals surface area contributed by atoms with E-state index in [1.807, 2.05) is 6.92 Å². The Labute approximate surface area is 176 Å². The number of amides is 2. The maximum absolute atomic E-state index is 14.6. The van der Waals surface area contributed by atoms with Gasteiger partial charge in [0.15, 0.2) is 11.4 Å². The van der Waals surface area contributed by atoms with Gasteiger partial charge < -0.3 is 20.3 Å². The van der Waals surface area contributed by atoms with Crippen LogP contribution in [0.5, 0.6) is 5.75 Å². The summed E-state index contributed by atoms with van der Waals surface area (Å²) >= 11 is 0. The predicted molar refractivity (Wildman–Crippen MR) is 106 cm³/mol. The molecular formula is C22H21F2N3O4. The summed E-state index contributed by atoms with van der Waals surface area (Å²) in [7, 11) is 0. The van der Waals surface area contributed by atoms with E-state index in [0.717, 1.165) is 18.9 Å². The molecule has 3 heterocycles. The summed E-state index contributed by atoms with van der Waals surface area (Å²) in [6.45, 7) is 2.12. The lowest BCUT2D eigenvalue weighted by molar-refractivity contribution is 0.0285. The smallest absolute Gasteiger partial charge is 0.275 e. The highest BCUT2D eigenvalue weighted by molar-refractivity contribution is 5.99. The molecule has 2 aliphatic heterocycles. The number of primary amides is 1. The summed E-state index contributed by atoms with van der Waals surface area (Å²) in [5.41, 5.74) is 3.69. The van der Waals surface area contributed by atoms with Gasteiger partial charge in [0.05, 0.1) is 6.04 Å². The minimum Gasteiger partial charge on any atom is -0.503 e. The largest absolute Gasteiger partial charge is 0.503 e. The standard InChI is InChI=1S/C22H21F2N3O4/c1-10(13-3-2-11(23)6-15(13)24)22-5-4-12(7-22)27-16(22)9-26-8-14(20(25)30)18(28)19(29)17(26)21(27)31/h2-3,6,8,10,12,16,29H,4-5,7,9H2,1H3,(H2,25,30)/t10-,12?,16?,22?/m0/s1. The van der Waals surface area contributed by atoms with Crippen LogP contribution in [-0.2, 0) is 6.54 Å². The molecule has 4 atom stereocenters. The molecule has 3 aliphatic rings. The van der Waals surface area contributed by atoms with Gasteiger partial charge in [0, 0.05) is 30.3 Å². The van der Waals surface area contributed by atoms with Gasteiger partial charge in [0.25, 0.3) is 11.8 Å². The molecule has 1 aromatic carbocycles. The molecule has 1 saturated carbocycles. The van der Waals surface area contributed by atoms with Crippen LogP contribution in [0.4, 0.5) is 8.78 Å². The number of nitrogens with zero attached hydrogens (tertiary/aromatic N) is 2. The third kappa shape index (κ3) is 2.52. The number of carbonyl (C=O) groups is 2. The van der Waals surface area contributed by atoms with Crippen molar-refractivity contribution in [1.29, 1.82) is 0 Å². The van der Waals surface area contributed by atoms with E-state index in [1.54, 1.807) is 4.90 Å². The number of pyridine rings is 1. The number of aromatic hydroxyl groups is 1. The van der Waals surface area contributed by atoms with Crippen LogP contribution in [0.3, 0.4) is 0 Å². The molecule has 2 aromatic rings. The number of aromatic nitrogens is 1. The van der Waals surface area contributed by atoms with Crippen molar-refractivity contribution in [2.45, 2.75) is 50.7 Å². The number of hydrogen-bond donors (Lipinski definition) is 2. The Morgan fingerprint density at radius 2 is 2.06 bits per heavy atom. The second-order valence-electron chi connectivity index (χ2n) is 8.83. The Morgan fingerprint density at radius 1 is 1.32 bits per heavy atom.